The molecule has 0 aliphatic rings. The van der Waals surface area contributed by atoms with Crippen LogP contribution in [0.15, 0.2) is 24.3 Å². The number of nitrogens with one attached hydrogen (secondary N) is 1. The van der Waals surface area contributed by atoms with Crippen molar-refractivity contribution in [2.45, 2.75) is 39.2 Å². The summed E-state index contributed by atoms with van der Waals surface area (Å²) < 4.78 is 0. The second kappa shape index (κ2) is 7.17. The van der Waals surface area contributed by atoms with Gasteiger partial charge in [-0.05, 0) is 19.3 Å². The summed E-state index contributed by atoms with van der Waals surface area (Å²) in [6.45, 7) is 5.77. The lowest BCUT2D eigenvalue weighted by atomic mass is 9.94. The van der Waals surface area contributed by atoms with Gasteiger partial charge in [-0.25, -0.2) is 0 Å². The van der Waals surface area contributed by atoms with Gasteiger partial charge >= 0.3 is 0 Å². The third-order valence-electron chi connectivity index (χ3n) is 3.05. The van der Waals surface area contributed by atoms with Crippen molar-refractivity contribution in [1.82, 2.24) is 5.32 Å². The van der Waals surface area contributed by atoms with E-state index in [2.05, 4.69) is 5.32 Å². The summed E-state index contributed by atoms with van der Waals surface area (Å²) in [7, 11) is 0. The Morgan fingerprint density at radius 1 is 1.43 bits per heavy atom. The van der Waals surface area contributed by atoms with Crippen LogP contribution in [0.1, 0.15) is 32.8 Å². The number of amides is 1. The topological polar surface area (TPSA) is 92.5 Å². The molecule has 0 heterocycles. The Kier molecular flexibility index (Phi) is 5.84. The van der Waals surface area contributed by atoms with Gasteiger partial charge in [0.2, 0.25) is 5.91 Å². The van der Waals surface area contributed by atoms with Crippen molar-refractivity contribution in [1.29, 1.82) is 0 Å². The summed E-state index contributed by atoms with van der Waals surface area (Å²) in [5.41, 5.74) is -0.683. The normalized spacial score (nSPS) is 13.8. The number of nitro groups is 1. The molecule has 0 aromatic heterocycles. The van der Waals surface area contributed by atoms with Gasteiger partial charge in [0.15, 0.2) is 0 Å². The lowest BCUT2D eigenvalue weighted by Crippen LogP contribution is -2.42. The first-order valence-corrected chi connectivity index (χ1v) is 6.92. The van der Waals surface area contributed by atoms with Crippen LogP contribution >= 0.6 is 0 Å². The zero-order valence-corrected chi connectivity index (χ0v) is 12.6. The van der Waals surface area contributed by atoms with E-state index in [4.69, 9.17) is 0 Å². The molecular weight excluding hydrogens is 272 g/mol. The monoisotopic (exact) mass is 294 g/mol. The molecule has 1 rings (SSSR count). The first-order chi connectivity index (χ1) is 9.71. The van der Waals surface area contributed by atoms with Crippen LogP contribution in [0.25, 0.3) is 0 Å². The van der Waals surface area contributed by atoms with Crippen molar-refractivity contribution in [3.8, 4) is 0 Å². The predicted octanol–water partition coefficient (Wildman–Crippen LogP) is 2.05. The number of aliphatic hydroxyl groups is 1. The van der Waals surface area contributed by atoms with Crippen molar-refractivity contribution >= 4 is 11.6 Å². The average Bonchev–Trinajstić information content (AvgIpc) is 2.35. The number of carbonyl (C=O) groups is 1. The van der Waals surface area contributed by atoms with E-state index in [1.807, 2.05) is 13.8 Å². The van der Waals surface area contributed by atoms with Crippen LogP contribution in [0.3, 0.4) is 0 Å². The van der Waals surface area contributed by atoms with Crippen LogP contribution < -0.4 is 5.32 Å². The summed E-state index contributed by atoms with van der Waals surface area (Å²) in [5.74, 6) is -0.0274. The number of benzene rings is 1. The van der Waals surface area contributed by atoms with Gasteiger partial charge in [0.1, 0.15) is 0 Å². The zero-order valence-electron chi connectivity index (χ0n) is 12.6. The van der Waals surface area contributed by atoms with Crippen molar-refractivity contribution in [2.24, 2.45) is 5.92 Å². The Labute approximate surface area is 124 Å². The molecule has 6 nitrogen and oxygen atoms in total. The highest BCUT2D eigenvalue weighted by atomic mass is 16.6. The third-order valence-corrected chi connectivity index (χ3v) is 3.05. The molecule has 1 atom stereocenters. The van der Waals surface area contributed by atoms with Gasteiger partial charge in [0.05, 0.1) is 16.9 Å². The van der Waals surface area contributed by atoms with Gasteiger partial charge in [0.25, 0.3) is 5.69 Å². The van der Waals surface area contributed by atoms with E-state index in [0.717, 1.165) is 0 Å². The highest BCUT2D eigenvalue weighted by Crippen LogP contribution is 2.18. The van der Waals surface area contributed by atoms with Crippen LogP contribution in [-0.2, 0) is 11.2 Å². The summed E-state index contributed by atoms with van der Waals surface area (Å²) >= 11 is 0. The molecule has 6 heteroatoms. The Balaban J connectivity index is 2.61. The number of carbonyl (C=O) groups excluding carboxylic acids is 1. The fourth-order valence-electron chi connectivity index (χ4n) is 2.31. The molecule has 0 saturated carbocycles. The minimum absolute atomic E-state index is 0.0680. The maximum Gasteiger partial charge on any atom is 0.273 e. The van der Waals surface area contributed by atoms with Gasteiger partial charge in [-0.3, -0.25) is 14.9 Å². The zero-order chi connectivity index (χ0) is 16.0. The molecule has 0 fully saturated rings. The SMILES string of the molecule is CC(C)CC(C)(O)CNC(=O)Cc1ccccc1[N+](=O)[O-]. The van der Waals surface area contributed by atoms with E-state index in [9.17, 15) is 20.0 Å². The van der Waals surface area contributed by atoms with Crippen molar-refractivity contribution in [2.75, 3.05) is 6.54 Å². The molecule has 21 heavy (non-hydrogen) atoms. The molecular formula is C15H22N2O4. The Morgan fingerprint density at radius 2 is 2.05 bits per heavy atom. The number of rotatable bonds is 7. The Hall–Kier alpha value is -1.95. The molecule has 0 aliphatic heterocycles. The molecule has 0 saturated heterocycles. The first kappa shape index (κ1) is 17.1. The summed E-state index contributed by atoms with van der Waals surface area (Å²) in [4.78, 5) is 22.2. The molecule has 1 unspecified atom stereocenters. The quantitative estimate of drug-likeness (QED) is 0.594. The smallest absolute Gasteiger partial charge is 0.273 e. The highest BCUT2D eigenvalue weighted by molar-refractivity contribution is 5.79. The highest BCUT2D eigenvalue weighted by Gasteiger charge is 2.23. The van der Waals surface area contributed by atoms with Crippen LogP contribution in [0.2, 0.25) is 0 Å². The molecule has 0 spiro atoms. The maximum atomic E-state index is 11.9. The van der Waals surface area contributed by atoms with Crippen molar-refractivity contribution in [3.63, 3.8) is 0 Å². The maximum absolute atomic E-state index is 11.9. The Morgan fingerprint density at radius 3 is 2.62 bits per heavy atom. The number of hydrogen-bond donors (Lipinski definition) is 2. The fourth-order valence-corrected chi connectivity index (χ4v) is 2.31. The summed E-state index contributed by atoms with van der Waals surface area (Å²) in [6, 6.07) is 6.15. The second-order valence-electron chi connectivity index (χ2n) is 5.93. The van der Waals surface area contributed by atoms with E-state index in [0.29, 0.717) is 17.9 Å². The van der Waals surface area contributed by atoms with Crippen LogP contribution in [0.5, 0.6) is 0 Å². The van der Waals surface area contributed by atoms with Crippen LogP contribution in [0, 0.1) is 16.0 Å². The number of para-hydroxylation sites is 1. The molecule has 2 N–H and O–H groups in total. The largest absolute Gasteiger partial charge is 0.388 e. The molecule has 116 valence electrons. The fraction of sp³-hybridized carbons (Fsp3) is 0.533. The summed E-state index contributed by atoms with van der Waals surface area (Å²) in [6.07, 6.45) is 0.494. The Bertz CT molecular complexity index is 512. The average molecular weight is 294 g/mol. The molecule has 0 bridgehead atoms. The molecule has 1 aromatic carbocycles. The van der Waals surface area contributed by atoms with E-state index in [1.54, 1.807) is 25.1 Å². The second-order valence-corrected chi connectivity index (χ2v) is 5.93. The van der Waals surface area contributed by atoms with Gasteiger partial charge in [-0.2, -0.15) is 0 Å². The standard InChI is InChI=1S/C15H22N2O4/c1-11(2)9-15(3,19)10-16-14(18)8-12-6-4-5-7-13(12)17(20)21/h4-7,11,19H,8-10H2,1-3H3,(H,16,18). The number of nitro benzene ring substituents is 1. The van der Waals surface area contributed by atoms with Crippen molar-refractivity contribution < 1.29 is 14.8 Å². The third kappa shape index (κ3) is 5.91. The lowest BCUT2D eigenvalue weighted by Gasteiger charge is -2.25. The minimum atomic E-state index is -0.980. The van der Waals surface area contributed by atoms with E-state index in [1.165, 1.54) is 6.07 Å². The van der Waals surface area contributed by atoms with E-state index >= 15 is 0 Å². The van der Waals surface area contributed by atoms with E-state index < -0.39 is 10.5 Å². The molecule has 1 amide bonds. The van der Waals surface area contributed by atoms with Gasteiger partial charge < -0.3 is 10.4 Å². The van der Waals surface area contributed by atoms with Crippen LogP contribution in [0.4, 0.5) is 5.69 Å². The number of hydrogen-bond acceptors (Lipinski definition) is 4. The number of nitrogens with zero attached hydrogens (tertiary/aromatic N) is 1. The molecule has 0 radical (unpaired) electrons. The van der Waals surface area contributed by atoms with Crippen molar-refractivity contribution in [3.05, 3.63) is 39.9 Å². The van der Waals surface area contributed by atoms with Gasteiger partial charge in [0, 0.05) is 18.2 Å². The van der Waals surface area contributed by atoms with Gasteiger partial charge in [-0.15, -0.1) is 0 Å². The molecule has 0 aliphatic carbocycles. The predicted molar refractivity (Wildman–Crippen MR) is 79.9 cm³/mol. The van der Waals surface area contributed by atoms with E-state index in [-0.39, 0.29) is 24.6 Å². The van der Waals surface area contributed by atoms with Gasteiger partial charge in [-0.1, -0.05) is 32.0 Å². The lowest BCUT2D eigenvalue weighted by molar-refractivity contribution is -0.385. The molecule has 1 aromatic rings. The van der Waals surface area contributed by atoms with Crippen LogP contribution in [-0.4, -0.2) is 28.1 Å². The minimum Gasteiger partial charge on any atom is -0.388 e. The summed E-state index contributed by atoms with van der Waals surface area (Å²) in [5, 5.41) is 23.6. The first-order valence-electron chi connectivity index (χ1n) is 6.92.